The summed E-state index contributed by atoms with van der Waals surface area (Å²) in [6, 6.07) is 0. The van der Waals surface area contributed by atoms with Gasteiger partial charge in [-0.25, -0.2) is 14.7 Å². The number of rotatable bonds is 4. The van der Waals surface area contributed by atoms with Crippen molar-refractivity contribution in [2.24, 2.45) is 5.92 Å². The van der Waals surface area contributed by atoms with Gasteiger partial charge in [0.2, 0.25) is 0 Å². The molecule has 1 aliphatic heterocycles. The van der Waals surface area contributed by atoms with Crippen LogP contribution in [0.25, 0.3) is 6.08 Å². The van der Waals surface area contributed by atoms with E-state index in [-0.39, 0.29) is 5.91 Å². The third kappa shape index (κ3) is 5.73. The summed E-state index contributed by atoms with van der Waals surface area (Å²) in [6.45, 7) is 11.1. The third-order valence-corrected chi connectivity index (χ3v) is 3.90. The Bertz CT molecular complexity index is 653. The van der Waals surface area contributed by atoms with Gasteiger partial charge in [0.1, 0.15) is 5.60 Å². The maximum atomic E-state index is 12.6. The molecule has 138 valence electrons. The summed E-state index contributed by atoms with van der Waals surface area (Å²) in [5, 5.41) is 0. The smallest absolute Gasteiger partial charge is 0.417 e. The number of imide groups is 1. The van der Waals surface area contributed by atoms with Gasteiger partial charge in [-0.3, -0.25) is 4.79 Å². The van der Waals surface area contributed by atoms with Crippen LogP contribution in [0.15, 0.2) is 18.1 Å². The van der Waals surface area contributed by atoms with E-state index >= 15 is 0 Å². The molecule has 6 nitrogen and oxygen atoms in total. The molecule has 6 heteroatoms. The van der Waals surface area contributed by atoms with Gasteiger partial charge in [-0.1, -0.05) is 13.8 Å². The number of nitrogens with zero attached hydrogens (tertiary/aromatic N) is 3. The number of ether oxygens (including phenoxy) is 1. The average Bonchev–Trinajstić information content (AvgIpc) is 2.93. The molecule has 0 N–H and O–H groups in total. The number of hydrogen-bond acceptors (Lipinski definition) is 4. The van der Waals surface area contributed by atoms with Crippen LogP contribution in [0.3, 0.4) is 0 Å². The van der Waals surface area contributed by atoms with Crippen LogP contribution in [-0.2, 0) is 16.1 Å². The molecule has 0 atom stereocenters. The van der Waals surface area contributed by atoms with Crippen LogP contribution in [0.4, 0.5) is 4.79 Å². The molecule has 0 aliphatic carbocycles. The van der Waals surface area contributed by atoms with Crippen LogP contribution in [0, 0.1) is 5.92 Å². The molecule has 0 radical (unpaired) electrons. The van der Waals surface area contributed by atoms with Crippen LogP contribution in [0.5, 0.6) is 0 Å². The quantitative estimate of drug-likeness (QED) is 0.776. The summed E-state index contributed by atoms with van der Waals surface area (Å²) in [7, 11) is 0. The number of likely N-dealkylation sites (tertiary alicyclic amines) is 1. The van der Waals surface area contributed by atoms with Crippen molar-refractivity contribution in [1.82, 2.24) is 14.5 Å². The van der Waals surface area contributed by atoms with Crippen molar-refractivity contribution in [3.63, 3.8) is 0 Å². The summed E-state index contributed by atoms with van der Waals surface area (Å²) < 4.78 is 7.36. The molecule has 2 amide bonds. The minimum atomic E-state index is -0.617. The molecule has 2 rings (SSSR count). The van der Waals surface area contributed by atoms with Gasteiger partial charge in [-0.2, -0.15) is 0 Å². The predicted octanol–water partition coefficient (Wildman–Crippen LogP) is 3.87. The van der Waals surface area contributed by atoms with E-state index in [1.165, 1.54) is 4.90 Å². The lowest BCUT2D eigenvalue weighted by Crippen LogP contribution is -2.44. The Morgan fingerprint density at radius 1 is 1.40 bits per heavy atom. The highest BCUT2D eigenvalue weighted by Gasteiger charge is 2.31. The van der Waals surface area contributed by atoms with E-state index in [4.69, 9.17) is 4.74 Å². The van der Waals surface area contributed by atoms with E-state index < -0.39 is 11.7 Å². The van der Waals surface area contributed by atoms with Crippen molar-refractivity contribution in [1.29, 1.82) is 0 Å². The topological polar surface area (TPSA) is 64.4 Å². The van der Waals surface area contributed by atoms with E-state index in [2.05, 4.69) is 18.8 Å². The van der Waals surface area contributed by atoms with Crippen molar-refractivity contribution in [3.05, 3.63) is 23.8 Å². The number of aryl methyl sites for hydroxylation is 1. The Kier molecular flexibility index (Phi) is 6.03. The number of imidazole rings is 1. The zero-order valence-corrected chi connectivity index (χ0v) is 15.9. The summed E-state index contributed by atoms with van der Waals surface area (Å²) in [5.41, 5.74) is 0.734. The van der Waals surface area contributed by atoms with Crippen molar-refractivity contribution >= 4 is 18.1 Å². The first-order valence-corrected chi connectivity index (χ1v) is 8.93. The molecule has 0 aromatic carbocycles. The van der Waals surface area contributed by atoms with E-state index in [1.54, 1.807) is 33.2 Å². The minimum Gasteiger partial charge on any atom is -0.443 e. The monoisotopic (exact) mass is 347 g/mol. The normalized spacial score (nSPS) is 17.4. The van der Waals surface area contributed by atoms with Gasteiger partial charge in [-0.05, 0) is 52.0 Å². The Hall–Kier alpha value is -2.11. The number of carbonyl (C=O) groups excluding carboxylic acids is 2. The molecule has 0 unspecified atom stereocenters. The summed E-state index contributed by atoms with van der Waals surface area (Å²) in [5.74, 6) is 0.351. The van der Waals surface area contributed by atoms with Gasteiger partial charge in [0, 0.05) is 24.9 Å². The first kappa shape index (κ1) is 19.2. The molecule has 1 fully saturated rings. The second-order valence-corrected chi connectivity index (χ2v) is 7.93. The van der Waals surface area contributed by atoms with Gasteiger partial charge >= 0.3 is 6.09 Å². The van der Waals surface area contributed by atoms with Crippen LogP contribution >= 0.6 is 0 Å². The molecule has 2 heterocycles. The van der Waals surface area contributed by atoms with Gasteiger partial charge in [-0.15, -0.1) is 0 Å². The molecule has 1 aromatic heterocycles. The van der Waals surface area contributed by atoms with E-state index in [1.807, 2.05) is 10.8 Å². The van der Waals surface area contributed by atoms with Crippen molar-refractivity contribution < 1.29 is 14.3 Å². The number of piperidine rings is 1. The van der Waals surface area contributed by atoms with Crippen LogP contribution in [0.2, 0.25) is 0 Å². The molecular weight excluding hydrogens is 318 g/mol. The molecule has 1 saturated heterocycles. The van der Waals surface area contributed by atoms with Gasteiger partial charge in [0.15, 0.2) is 0 Å². The lowest BCUT2D eigenvalue weighted by Gasteiger charge is -2.29. The highest BCUT2D eigenvalue weighted by Crippen LogP contribution is 2.22. The lowest BCUT2D eigenvalue weighted by atomic mass is 10.0. The molecule has 0 saturated carbocycles. The average molecular weight is 347 g/mol. The van der Waals surface area contributed by atoms with Gasteiger partial charge in [0.05, 0.1) is 12.0 Å². The number of hydrogen-bond donors (Lipinski definition) is 0. The van der Waals surface area contributed by atoms with Crippen LogP contribution in [0.1, 0.15) is 59.6 Å². The largest absolute Gasteiger partial charge is 0.443 e. The molecule has 1 aromatic rings. The Morgan fingerprint density at radius 2 is 2.12 bits per heavy atom. The Labute approximate surface area is 149 Å². The predicted molar refractivity (Wildman–Crippen MR) is 96.8 cm³/mol. The van der Waals surface area contributed by atoms with E-state index in [0.717, 1.165) is 25.1 Å². The first-order chi connectivity index (χ1) is 11.7. The van der Waals surface area contributed by atoms with Crippen molar-refractivity contribution in [2.75, 3.05) is 6.54 Å². The Morgan fingerprint density at radius 3 is 2.76 bits per heavy atom. The third-order valence-electron chi connectivity index (χ3n) is 3.90. The SMILES string of the molecule is CC(C)CCn1cnc(C=C2CCCN(C(=O)OC(C)(C)C)C2=O)c1. The number of amides is 2. The second kappa shape index (κ2) is 7.85. The molecular formula is C19H29N3O3. The fourth-order valence-electron chi connectivity index (χ4n) is 2.59. The first-order valence-electron chi connectivity index (χ1n) is 8.93. The fourth-order valence-corrected chi connectivity index (χ4v) is 2.59. The molecule has 0 bridgehead atoms. The zero-order valence-electron chi connectivity index (χ0n) is 15.9. The summed E-state index contributed by atoms with van der Waals surface area (Å²) in [6.07, 6.45) is 7.40. The highest BCUT2D eigenvalue weighted by molar-refractivity contribution is 6.05. The molecule has 0 spiro atoms. The van der Waals surface area contributed by atoms with Crippen molar-refractivity contribution in [2.45, 2.75) is 66.0 Å². The lowest BCUT2D eigenvalue weighted by molar-refractivity contribution is -0.127. The maximum Gasteiger partial charge on any atom is 0.417 e. The second-order valence-electron chi connectivity index (χ2n) is 7.93. The van der Waals surface area contributed by atoms with Crippen LogP contribution < -0.4 is 0 Å². The van der Waals surface area contributed by atoms with Gasteiger partial charge < -0.3 is 9.30 Å². The van der Waals surface area contributed by atoms with E-state index in [9.17, 15) is 9.59 Å². The number of aromatic nitrogens is 2. The van der Waals surface area contributed by atoms with Crippen LogP contribution in [-0.4, -0.2) is 38.6 Å². The minimum absolute atomic E-state index is 0.280. The highest BCUT2D eigenvalue weighted by atomic mass is 16.6. The summed E-state index contributed by atoms with van der Waals surface area (Å²) in [4.78, 5) is 30.4. The molecule has 25 heavy (non-hydrogen) atoms. The van der Waals surface area contributed by atoms with Gasteiger partial charge in [0.25, 0.3) is 5.91 Å². The Balaban J connectivity index is 2.07. The van der Waals surface area contributed by atoms with E-state index in [0.29, 0.717) is 24.5 Å². The number of carbonyl (C=O) groups is 2. The van der Waals surface area contributed by atoms with Crippen molar-refractivity contribution in [3.8, 4) is 0 Å². The zero-order chi connectivity index (χ0) is 18.6. The maximum absolute atomic E-state index is 12.6. The molecule has 1 aliphatic rings. The fraction of sp³-hybridized carbons (Fsp3) is 0.632. The standard InChI is InChI=1S/C19H29N3O3/c1-14(2)8-10-21-12-16(20-13-21)11-15-7-6-9-22(17(15)23)18(24)25-19(3,4)5/h11-14H,6-10H2,1-5H3. The summed E-state index contributed by atoms with van der Waals surface area (Å²) >= 11 is 0.